The van der Waals surface area contributed by atoms with Gasteiger partial charge in [0.05, 0.1) is 36.7 Å². The van der Waals surface area contributed by atoms with Gasteiger partial charge in [-0.25, -0.2) is 22.9 Å². The molecule has 0 radical (unpaired) electrons. The van der Waals surface area contributed by atoms with Crippen LogP contribution in [0.3, 0.4) is 0 Å². The molecular formula is C36H46ClN3O8S. The van der Waals surface area contributed by atoms with Crippen molar-refractivity contribution in [1.29, 1.82) is 0 Å². The summed E-state index contributed by atoms with van der Waals surface area (Å²) in [5.41, 5.74) is 2.59. The van der Waals surface area contributed by atoms with E-state index in [9.17, 15) is 23.1 Å². The van der Waals surface area contributed by atoms with Gasteiger partial charge in [0.15, 0.2) is 0 Å². The third kappa shape index (κ3) is 12.0. The average molecular weight is 716 g/mol. The fraction of sp³-hybridized carbons (Fsp3) is 0.472. The van der Waals surface area contributed by atoms with Gasteiger partial charge in [0.25, 0.3) is 5.91 Å². The monoisotopic (exact) mass is 715 g/mol. The van der Waals surface area contributed by atoms with E-state index in [1.165, 1.54) is 18.2 Å². The summed E-state index contributed by atoms with van der Waals surface area (Å²) < 4.78 is 43.8. The number of rotatable bonds is 14. The summed E-state index contributed by atoms with van der Waals surface area (Å²) in [4.78, 5) is 31.7. The van der Waals surface area contributed by atoms with Gasteiger partial charge in [0.1, 0.15) is 16.5 Å². The van der Waals surface area contributed by atoms with Crippen molar-refractivity contribution >= 4 is 33.6 Å². The molecular weight excluding hydrogens is 670 g/mol. The zero-order chi connectivity index (χ0) is 35.6. The lowest BCUT2D eigenvalue weighted by Gasteiger charge is -2.29. The van der Waals surface area contributed by atoms with Crippen molar-refractivity contribution < 1.29 is 37.3 Å². The lowest BCUT2D eigenvalue weighted by Crippen LogP contribution is -2.40. The number of pyridine rings is 1. The highest BCUT2D eigenvalue weighted by molar-refractivity contribution is 7.90. The molecule has 1 heterocycles. The molecule has 0 unspecified atom stereocenters. The predicted octanol–water partition coefficient (Wildman–Crippen LogP) is 6.33. The molecule has 1 aromatic heterocycles. The van der Waals surface area contributed by atoms with Gasteiger partial charge >= 0.3 is 6.09 Å². The molecule has 0 spiro atoms. The third-order valence-corrected chi connectivity index (χ3v) is 9.44. The van der Waals surface area contributed by atoms with Gasteiger partial charge in [0, 0.05) is 25.4 Å². The Hall–Kier alpha value is -3.71. The summed E-state index contributed by atoms with van der Waals surface area (Å²) in [5.74, 6) is -0.764. The van der Waals surface area contributed by atoms with Gasteiger partial charge in [-0.15, -0.1) is 0 Å². The molecule has 11 nitrogen and oxygen atoms in total. The number of aliphatic hydroxyl groups is 1. The molecule has 0 saturated heterocycles. The average Bonchev–Trinajstić information content (AvgIpc) is 3.05. The van der Waals surface area contributed by atoms with Crippen LogP contribution < -0.4 is 9.46 Å². The zero-order valence-electron chi connectivity index (χ0n) is 28.5. The molecule has 2 N–H and O–H groups in total. The van der Waals surface area contributed by atoms with Crippen molar-refractivity contribution in [2.75, 3.05) is 32.6 Å². The minimum Gasteiger partial charge on any atom is -0.490 e. The largest absolute Gasteiger partial charge is 0.490 e. The van der Waals surface area contributed by atoms with Crippen molar-refractivity contribution in [1.82, 2.24) is 14.6 Å². The van der Waals surface area contributed by atoms with E-state index in [4.69, 9.17) is 25.8 Å². The van der Waals surface area contributed by atoms with E-state index in [-0.39, 0.29) is 30.6 Å². The van der Waals surface area contributed by atoms with E-state index in [0.29, 0.717) is 29.4 Å². The molecule has 0 aliphatic heterocycles. The van der Waals surface area contributed by atoms with Crippen LogP contribution in [0.5, 0.6) is 5.75 Å². The molecule has 49 heavy (non-hydrogen) atoms. The summed E-state index contributed by atoms with van der Waals surface area (Å²) in [5, 5.41) is 11.2. The first-order valence-corrected chi connectivity index (χ1v) is 18.5. The highest BCUT2D eigenvalue weighted by atomic mass is 35.5. The van der Waals surface area contributed by atoms with E-state index in [2.05, 4.69) is 9.71 Å². The van der Waals surface area contributed by atoms with Crippen LogP contribution in [-0.2, 0) is 25.9 Å². The maximum Gasteiger partial charge on any atom is 0.410 e. The van der Waals surface area contributed by atoms with Crippen molar-refractivity contribution in [2.24, 2.45) is 0 Å². The van der Waals surface area contributed by atoms with Gasteiger partial charge in [-0.3, -0.25) is 4.79 Å². The van der Waals surface area contributed by atoms with E-state index in [1.807, 2.05) is 24.3 Å². The van der Waals surface area contributed by atoms with Crippen molar-refractivity contribution in [3.05, 3.63) is 82.6 Å². The Kier molecular flexibility index (Phi) is 13.4. The van der Waals surface area contributed by atoms with Gasteiger partial charge in [0.2, 0.25) is 10.0 Å². The second-order valence-electron chi connectivity index (χ2n) is 13.1. The summed E-state index contributed by atoms with van der Waals surface area (Å²) in [6.07, 6.45) is 5.31. The molecule has 4 rings (SSSR count). The van der Waals surface area contributed by atoms with Gasteiger partial charge in [-0.05, 0) is 87.8 Å². The Morgan fingerprint density at radius 3 is 2.37 bits per heavy atom. The smallest absolute Gasteiger partial charge is 0.410 e. The summed E-state index contributed by atoms with van der Waals surface area (Å²) >= 11 is 5.89. The minimum atomic E-state index is -3.89. The topological polar surface area (TPSA) is 144 Å². The first-order chi connectivity index (χ1) is 23.2. The fourth-order valence-corrected chi connectivity index (χ4v) is 6.39. The number of nitrogens with one attached hydrogen (secondary N) is 1. The number of aliphatic hydroxyl groups excluding tert-OH is 1. The number of nitrogens with zero attached hydrogens (tertiary/aromatic N) is 2. The van der Waals surface area contributed by atoms with Gasteiger partial charge in [-0.1, -0.05) is 54.4 Å². The van der Waals surface area contributed by atoms with Crippen LogP contribution in [-0.4, -0.2) is 79.7 Å². The molecule has 2 amide bonds. The molecule has 1 aliphatic carbocycles. The first-order valence-electron chi connectivity index (χ1n) is 16.4. The Balaban J connectivity index is 1.50. The predicted molar refractivity (Wildman–Crippen MR) is 188 cm³/mol. The highest BCUT2D eigenvalue weighted by Gasteiger charge is 2.26. The molecule has 1 aliphatic rings. The number of benzene rings is 2. The molecule has 1 fully saturated rings. The maximum absolute atomic E-state index is 13.1. The molecule has 1 saturated carbocycles. The number of methoxy groups -OCH3 is 1. The van der Waals surface area contributed by atoms with E-state index in [0.717, 1.165) is 48.8 Å². The number of hydrogen-bond donors (Lipinski definition) is 2. The molecule has 266 valence electrons. The number of carbonyl (C=O) groups is 2. The molecule has 3 aromatic rings. The molecule has 13 heteroatoms. The summed E-state index contributed by atoms with van der Waals surface area (Å²) in [6, 6.07) is 16.2. The van der Waals surface area contributed by atoms with Crippen LogP contribution in [0.15, 0.2) is 60.8 Å². The summed E-state index contributed by atoms with van der Waals surface area (Å²) in [7, 11) is -2.50. The van der Waals surface area contributed by atoms with E-state index in [1.54, 1.807) is 51.1 Å². The van der Waals surface area contributed by atoms with E-state index < -0.39 is 33.7 Å². The van der Waals surface area contributed by atoms with E-state index >= 15 is 0 Å². The lowest BCUT2D eigenvalue weighted by molar-refractivity contribution is 0.0146. The number of halogens is 1. The van der Waals surface area contributed by atoms with Gasteiger partial charge in [-0.2, -0.15) is 0 Å². The maximum atomic E-state index is 13.1. The Morgan fingerprint density at radius 1 is 1.04 bits per heavy atom. The van der Waals surface area contributed by atoms with Crippen LogP contribution >= 0.6 is 11.6 Å². The third-order valence-electron chi connectivity index (χ3n) is 8.01. The second-order valence-corrected chi connectivity index (χ2v) is 15.4. The quantitative estimate of drug-likeness (QED) is 0.183. The molecule has 1 atom stereocenters. The number of hydrogen-bond acceptors (Lipinski definition) is 9. The number of carbonyl (C=O) groups excluding carboxylic acids is 2. The number of sulfonamides is 1. The fourth-order valence-electron chi connectivity index (χ4n) is 5.40. The van der Waals surface area contributed by atoms with Crippen LogP contribution in [0, 0.1) is 0 Å². The van der Waals surface area contributed by atoms with Crippen molar-refractivity contribution in [2.45, 2.75) is 77.1 Å². The zero-order valence-corrected chi connectivity index (χ0v) is 30.1. The SMILES string of the molecule is COCCS(=O)(=O)NC(=O)c1ccc(-c2ccc(CCN(C[C@H](O)c3ccc(Cl)nc3)C(=O)OC(C)(C)C)cc2)cc1OC1CCCCC1. The highest BCUT2D eigenvalue weighted by Crippen LogP contribution is 2.31. The van der Waals surface area contributed by atoms with Crippen LogP contribution in [0.4, 0.5) is 4.79 Å². The van der Waals surface area contributed by atoms with Gasteiger partial charge < -0.3 is 24.2 Å². The second kappa shape index (κ2) is 17.3. The number of ether oxygens (including phenoxy) is 3. The first kappa shape index (κ1) is 38.1. The van der Waals surface area contributed by atoms with Crippen molar-refractivity contribution in [3.63, 3.8) is 0 Å². The standard InChI is InChI=1S/C36H46ClN3O8S/c1-36(2,3)48-35(43)40(24-31(41)28-15-17-33(37)38-23-28)19-18-25-10-12-26(13-11-25)27-14-16-30(34(42)39-49(44,45)21-20-46-4)32(22-27)47-29-8-6-5-7-9-29/h10-17,22-23,29,31,41H,5-9,18-21,24H2,1-4H3,(H,39,42)/t31-/m0/s1. The normalized spacial score (nSPS) is 14.6. The Bertz CT molecular complexity index is 1650. The molecule has 0 bridgehead atoms. The lowest BCUT2D eigenvalue weighted by atomic mass is 9.97. The Labute approximate surface area is 294 Å². The van der Waals surface area contributed by atoms with Crippen LogP contribution in [0.1, 0.15) is 80.5 Å². The number of aromatic nitrogens is 1. The van der Waals surface area contributed by atoms with Crippen LogP contribution in [0.25, 0.3) is 11.1 Å². The number of amides is 2. The van der Waals surface area contributed by atoms with Crippen LogP contribution in [0.2, 0.25) is 5.15 Å². The van der Waals surface area contributed by atoms with Crippen molar-refractivity contribution in [3.8, 4) is 16.9 Å². The Morgan fingerprint density at radius 2 is 1.73 bits per heavy atom. The minimum absolute atomic E-state index is 0.00763. The molecule has 2 aromatic carbocycles. The summed E-state index contributed by atoms with van der Waals surface area (Å²) in [6.45, 7) is 5.63.